The molecule has 110 valence electrons. The van der Waals surface area contributed by atoms with Gasteiger partial charge in [0.1, 0.15) is 5.01 Å². The van der Waals surface area contributed by atoms with Gasteiger partial charge in [0.15, 0.2) is 0 Å². The Labute approximate surface area is 129 Å². The lowest BCUT2D eigenvalue weighted by Gasteiger charge is -2.04. The molecule has 5 nitrogen and oxygen atoms in total. The van der Waals surface area contributed by atoms with Crippen molar-refractivity contribution in [3.05, 3.63) is 40.9 Å². The van der Waals surface area contributed by atoms with Crippen molar-refractivity contribution in [3.8, 4) is 9.88 Å². The zero-order valence-electron chi connectivity index (χ0n) is 11.3. The Morgan fingerprint density at radius 2 is 2.05 bits per heavy atom. The molecule has 0 radical (unpaired) electrons. The largest absolute Gasteiger partial charge is 0.266 e. The third kappa shape index (κ3) is 3.29. The van der Waals surface area contributed by atoms with E-state index in [-0.39, 0.29) is 12.0 Å². The van der Waals surface area contributed by atoms with Crippen LogP contribution < -0.4 is 0 Å². The molecule has 0 saturated heterocycles. The van der Waals surface area contributed by atoms with Crippen molar-refractivity contribution in [2.45, 2.75) is 13.3 Å². The summed E-state index contributed by atoms with van der Waals surface area (Å²) in [7, 11) is 0. The second kappa shape index (κ2) is 6.18. The quantitative estimate of drug-likeness (QED) is 0.698. The lowest BCUT2D eigenvalue weighted by atomic mass is 10.2. The summed E-state index contributed by atoms with van der Waals surface area (Å²) in [5.74, 6) is 0. The Morgan fingerprint density at radius 1 is 1.24 bits per heavy atom. The van der Waals surface area contributed by atoms with Crippen molar-refractivity contribution < 1.29 is 15.3 Å². The van der Waals surface area contributed by atoms with Gasteiger partial charge in [-0.1, -0.05) is 18.2 Å². The van der Waals surface area contributed by atoms with Crippen LogP contribution in [0.25, 0.3) is 20.0 Å². The van der Waals surface area contributed by atoms with E-state index in [9.17, 15) is 0 Å². The summed E-state index contributed by atoms with van der Waals surface area (Å²) in [5, 5.41) is 19.0. The van der Waals surface area contributed by atoms with Crippen LogP contribution in [0.4, 0.5) is 0 Å². The SMILES string of the molecule is Cc1nc(-c2cc3ccccc3s2)sc1CCON(O)O. The molecule has 3 aromatic rings. The molecule has 0 spiro atoms. The summed E-state index contributed by atoms with van der Waals surface area (Å²) < 4.78 is 1.25. The first-order valence-corrected chi connectivity index (χ1v) is 8.03. The Kier molecular flexibility index (Phi) is 4.29. The van der Waals surface area contributed by atoms with E-state index in [4.69, 9.17) is 10.4 Å². The van der Waals surface area contributed by atoms with Crippen LogP contribution in [0.5, 0.6) is 0 Å². The maximum Gasteiger partial charge on any atom is 0.133 e. The smallest absolute Gasteiger partial charge is 0.133 e. The van der Waals surface area contributed by atoms with Crippen molar-refractivity contribution in [1.82, 2.24) is 10.4 Å². The van der Waals surface area contributed by atoms with Crippen molar-refractivity contribution in [1.29, 1.82) is 0 Å². The van der Waals surface area contributed by atoms with E-state index in [0.717, 1.165) is 20.5 Å². The average molecular weight is 322 g/mol. The number of hydrogen-bond acceptors (Lipinski definition) is 7. The molecule has 1 aromatic carbocycles. The van der Waals surface area contributed by atoms with Gasteiger partial charge in [-0.15, -0.1) is 22.7 Å². The van der Waals surface area contributed by atoms with E-state index in [0.29, 0.717) is 6.42 Å². The standard InChI is InChI=1S/C14H14N2O3S2/c1-9-11(6-7-19-16(17)18)21-14(15-9)13-8-10-4-2-3-5-12(10)20-13/h2-5,8,17-18H,6-7H2,1H3. The summed E-state index contributed by atoms with van der Waals surface area (Å²) in [5.41, 5.74) is 0.957. The van der Waals surface area contributed by atoms with Gasteiger partial charge in [-0.3, -0.25) is 15.3 Å². The number of thiophene rings is 1. The second-order valence-electron chi connectivity index (χ2n) is 4.51. The van der Waals surface area contributed by atoms with E-state index in [1.807, 2.05) is 19.1 Å². The fourth-order valence-corrected chi connectivity index (χ4v) is 4.22. The zero-order chi connectivity index (χ0) is 14.8. The molecule has 0 aliphatic carbocycles. The first-order chi connectivity index (χ1) is 10.1. The molecule has 0 aliphatic heterocycles. The summed E-state index contributed by atoms with van der Waals surface area (Å²) >= 11 is 3.35. The fourth-order valence-electron chi connectivity index (χ4n) is 2.07. The summed E-state index contributed by atoms with van der Waals surface area (Å²) in [4.78, 5) is 11.4. The van der Waals surface area contributed by atoms with Crippen LogP contribution in [0.1, 0.15) is 10.6 Å². The van der Waals surface area contributed by atoms with Gasteiger partial charge < -0.3 is 0 Å². The van der Waals surface area contributed by atoms with Gasteiger partial charge in [0.2, 0.25) is 0 Å². The Hall–Kier alpha value is -1.35. The molecule has 0 atom stereocenters. The average Bonchev–Trinajstić information content (AvgIpc) is 3.02. The number of rotatable bonds is 5. The predicted molar refractivity (Wildman–Crippen MR) is 82.7 cm³/mol. The molecular formula is C14H14N2O3S2. The molecular weight excluding hydrogens is 308 g/mol. The van der Waals surface area contributed by atoms with Crippen molar-refractivity contribution in [2.75, 3.05) is 6.61 Å². The van der Waals surface area contributed by atoms with Crippen molar-refractivity contribution >= 4 is 32.8 Å². The summed E-state index contributed by atoms with van der Waals surface area (Å²) in [6, 6.07) is 10.4. The number of thiazole rings is 1. The van der Waals surface area contributed by atoms with Gasteiger partial charge in [0.25, 0.3) is 0 Å². The third-order valence-corrected chi connectivity index (χ3v) is 5.57. The normalized spacial score (nSPS) is 11.6. The molecule has 0 saturated carbocycles. The molecule has 0 amide bonds. The van der Waals surface area contributed by atoms with Gasteiger partial charge in [0.05, 0.1) is 22.6 Å². The molecule has 2 N–H and O–H groups in total. The molecule has 2 heterocycles. The zero-order valence-corrected chi connectivity index (χ0v) is 12.9. The molecule has 0 bridgehead atoms. The first kappa shape index (κ1) is 14.6. The van der Waals surface area contributed by atoms with E-state index >= 15 is 0 Å². The number of aromatic nitrogens is 1. The molecule has 3 rings (SSSR count). The number of hydrogen-bond donors (Lipinski definition) is 2. The van der Waals surface area contributed by atoms with Gasteiger partial charge >= 0.3 is 0 Å². The highest BCUT2D eigenvalue weighted by Gasteiger charge is 2.12. The predicted octanol–water partition coefficient (Wildman–Crippen LogP) is 3.89. The lowest BCUT2D eigenvalue weighted by molar-refractivity contribution is -0.492. The highest BCUT2D eigenvalue weighted by molar-refractivity contribution is 7.25. The number of fused-ring (bicyclic) bond motifs is 1. The summed E-state index contributed by atoms with van der Waals surface area (Å²) in [6.07, 6.45) is 0.589. The minimum absolute atomic E-state index is 0.196. The highest BCUT2D eigenvalue weighted by atomic mass is 32.1. The maximum absolute atomic E-state index is 8.52. The highest BCUT2D eigenvalue weighted by Crippen LogP contribution is 2.36. The number of aryl methyl sites for hydroxylation is 1. The molecule has 2 aromatic heterocycles. The van der Waals surface area contributed by atoms with Crippen LogP contribution in [0.2, 0.25) is 0 Å². The second-order valence-corrected chi connectivity index (χ2v) is 6.68. The Balaban J connectivity index is 1.82. The molecule has 0 aliphatic rings. The first-order valence-electron chi connectivity index (χ1n) is 6.39. The van der Waals surface area contributed by atoms with Crippen molar-refractivity contribution in [2.24, 2.45) is 0 Å². The van der Waals surface area contributed by atoms with E-state index in [2.05, 4.69) is 28.0 Å². The topological polar surface area (TPSA) is 65.8 Å². The third-order valence-electron chi connectivity index (χ3n) is 3.06. The van der Waals surface area contributed by atoms with E-state index < -0.39 is 0 Å². The van der Waals surface area contributed by atoms with Crippen LogP contribution in [-0.4, -0.2) is 27.4 Å². The Bertz CT molecular complexity index is 719. The van der Waals surface area contributed by atoms with Gasteiger partial charge in [0, 0.05) is 16.0 Å². The van der Waals surface area contributed by atoms with Gasteiger partial charge in [-0.05, 0) is 24.4 Å². The lowest BCUT2D eigenvalue weighted by Crippen LogP contribution is -2.16. The number of benzene rings is 1. The fraction of sp³-hybridized carbons (Fsp3) is 0.214. The Morgan fingerprint density at radius 3 is 2.81 bits per heavy atom. The minimum Gasteiger partial charge on any atom is -0.266 e. The molecule has 0 unspecified atom stereocenters. The van der Waals surface area contributed by atoms with E-state index in [1.165, 1.54) is 10.1 Å². The molecule has 0 fully saturated rings. The van der Waals surface area contributed by atoms with Gasteiger partial charge in [-0.25, -0.2) is 4.98 Å². The van der Waals surface area contributed by atoms with Crippen molar-refractivity contribution in [3.63, 3.8) is 0 Å². The molecule has 7 heteroatoms. The van der Waals surface area contributed by atoms with Crippen LogP contribution in [0.15, 0.2) is 30.3 Å². The van der Waals surface area contributed by atoms with E-state index in [1.54, 1.807) is 22.7 Å². The van der Waals surface area contributed by atoms with Crippen LogP contribution in [0.3, 0.4) is 0 Å². The monoisotopic (exact) mass is 322 g/mol. The van der Waals surface area contributed by atoms with Gasteiger partial charge in [-0.2, -0.15) is 0 Å². The maximum atomic E-state index is 8.52. The summed E-state index contributed by atoms with van der Waals surface area (Å²) in [6.45, 7) is 2.15. The molecule has 21 heavy (non-hydrogen) atoms. The number of nitrogens with zero attached hydrogens (tertiary/aromatic N) is 2. The van der Waals surface area contributed by atoms with Crippen LogP contribution in [-0.2, 0) is 11.3 Å². The van der Waals surface area contributed by atoms with Crippen LogP contribution >= 0.6 is 22.7 Å². The minimum atomic E-state index is -0.261. The van der Waals surface area contributed by atoms with Crippen LogP contribution in [0, 0.1) is 6.92 Å².